The van der Waals surface area contributed by atoms with E-state index in [4.69, 9.17) is 9.47 Å². The monoisotopic (exact) mass is 407 g/mol. The minimum Gasteiger partial charge on any atom is -0.493 e. The maximum absolute atomic E-state index is 12.8. The highest BCUT2D eigenvalue weighted by Crippen LogP contribution is 2.36. The second kappa shape index (κ2) is 6.99. The molecule has 0 saturated carbocycles. The fraction of sp³-hybridized carbons (Fsp3) is 0.625. The maximum Gasteiger partial charge on any atom is 0.242 e. The Hall–Kier alpha value is -0.790. The number of benzene rings is 1. The van der Waals surface area contributed by atoms with E-state index in [1.807, 2.05) is 13.8 Å². The van der Waals surface area contributed by atoms with Crippen LogP contribution in [0.4, 0.5) is 0 Å². The summed E-state index contributed by atoms with van der Waals surface area (Å²) in [6.07, 6.45) is 0.699. The predicted octanol–water partition coefficient (Wildman–Crippen LogP) is 3.96. The summed E-state index contributed by atoms with van der Waals surface area (Å²) in [6, 6.07) is 3.04. The van der Waals surface area contributed by atoms with Crippen molar-refractivity contribution in [3.05, 3.63) is 16.6 Å². The van der Waals surface area contributed by atoms with Crippen LogP contribution in [0.5, 0.6) is 11.5 Å². The fourth-order valence-electron chi connectivity index (χ4n) is 2.82. The average Bonchev–Trinajstić information content (AvgIpc) is 2.33. The van der Waals surface area contributed by atoms with Crippen LogP contribution in [0.25, 0.3) is 0 Å². The molecule has 0 aromatic heterocycles. The first-order chi connectivity index (χ1) is 10.3. The maximum atomic E-state index is 12.8. The molecule has 132 valence electrons. The van der Waals surface area contributed by atoms with Crippen molar-refractivity contribution in [3.63, 3.8) is 0 Å². The Morgan fingerprint density at radius 2 is 1.52 bits per heavy atom. The van der Waals surface area contributed by atoms with Crippen molar-refractivity contribution in [2.24, 2.45) is 5.41 Å². The number of methoxy groups -OCH3 is 2. The van der Waals surface area contributed by atoms with Gasteiger partial charge in [-0.25, -0.2) is 13.1 Å². The molecule has 1 aromatic rings. The highest BCUT2D eigenvalue weighted by atomic mass is 79.9. The van der Waals surface area contributed by atoms with Crippen molar-refractivity contribution in [2.45, 2.75) is 51.5 Å². The fourth-order valence-corrected chi connectivity index (χ4v) is 5.27. The van der Waals surface area contributed by atoms with Crippen LogP contribution in [0.1, 0.15) is 41.0 Å². The van der Waals surface area contributed by atoms with Crippen molar-refractivity contribution < 1.29 is 17.9 Å². The molecule has 1 rings (SSSR count). The molecule has 5 nitrogen and oxygen atoms in total. The van der Waals surface area contributed by atoms with Gasteiger partial charge in [0.15, 0.2) is 11.5 Å². The third-order valence-corrected chi connectivity index (χ3v) is 5.77. The smallest absolute Gasteiger partial charge is 0.242 e. The summed E-state index contributed by atoms with van der Waals surface area (Å²) in [5.74, 6) is 0.831. The van der Waals surface area contributed by atoms with Gasteiger partial charge in [-0.1, -0.05) is 20.8 Å². The summed E-state index contributed by atoms with van der Waals surface area (Å²) in [5, 5.41) is 0. The van der Waals surface area contributed by atoms with Crippen LogP contribution in [0.3, 0.4) is 0 Å². The molecule has 0 bridgehead atoms. The number of nitrogens with one attached hydrogen (secondary N) is 1. The number of hydrogen-bond donors (Lipinski definition) is 1. The van der Waals surface area contributed by atoms with Crippen LogP contribution in [0.15, 0.2) is 21.5 Å². The molecule has 1 N–H and O–H groups in total. The van der Waals surface area contributed by atoms with Gasteiger partial charge in [0.05, 0.1) is 14.2 Å². The van der Waals surface area contributed by atoms with Crippen molar-refractivity contribution in [1.82, 2.24) is 4.72 Å². The standard InChI is InChI=1S/C16H26BrNO4S/c1-15(2,3)10-16(4,5)18-23(19,20)14-9-13(22-7)12(21-6)8-11(14)17/h8-9,18H,10H2,1-7H3. The zero-order chi connectivity index (χ0) is 18.1. The van der Waals surface area contributed by atoms with Crippen molar-refractivity contribution in [3.8, 4) is 11.5 Å². The number of halogens is 1. The van der Waals surface area contributed by atoms with Crippen molar-refractivity contribution >= 4 is 26.0 Å². The quantitative estimate of drug-likeness (QED) is 0.774. The zero-order valence-electron chi connectivity index (χ0n) is 14.8. The molecule has 23 heavy (non-hydrogen) atoms. The van der Waals surface area contributed by atoms with Gasteiger partial charge in [0.1, 0.15) is 4.90 Å². The Labute approximate surface area is 147 Å². The summed E-state index contributed by atoms with van der Waals surface area (Å²) in [5.41, 5.74) is -0.579. The van der Waals surface area contributed by atoms with E-state index in [1.54, 1.807) is 6.07 Å². The van der Waals surface area contributed by atoms with Gasteiger partial charge in [0, 0.05) is 16.1 Å². The normalized spacial score (nSPS) is 13.0. The summed E-state index contributed by atoms with van der Waals surface area (Å²) in [7, 11) is -0.737. The molecule has 0 heterocycles. The SMILES string of the molecule is COc1cc(Br)c(S(=O)(=O)NC(C)(C)CC(C)(C)C)cc1OC. The molecule has 0 radical (unpaired) electrons. The van der Waals surface area contributed by atoms with Crippen LogP contribution in [0.2, 0.25) is 0 Å². The molecule has 0 aliphatic rings. The van der Waals surface area contributed by atoms with Crippen molar-refractivity contribution in [1.29, 1.82) is 0 Å². The van der Waals surface area contributed by atoms with E-state index in [-0.39, 0.29) is 10.3 Å². The highest BCUT2D eigenvalue weighted by molar-refractivity contribution is 9.10. The van der Waals surface area contributed by atoms with Crippen molar-refractivity contribution in [2.75, 3.05) is 14.2 Å². The van der Waals surface area contributed by atoms with Crippen LogP contribution in [-0.2, 0) is 10.0 Å². The lowest BCUT2D eigenvalue weighted by Gasteiger charge is -2.33. The molecule has 0 spiro atoms. The van der Waals surface area contributed by atoms with E-state index < -0.39 is 15.6 Å². The molecule has 0 fully saturated rings. The topological polar surface area (TPSA) is 64.6 Å². The number of ether oxygens (including phenoxy) is 2. The van der Waals surface area contributed by atoms with E-state index in [9.17, 15) is 8.42 Å². The molecule has 0 saturated heterocycles. The number of sulfonamides is 1. The largest absolute Gasteiger partial charge is 0.493 e. The minimum atomic E-state index is -3.71. The van der Waals surface area contributed by atoms with E-state index in [0.717, 1.165) is 0 Å². The van der Waals surface area contributed by atoms with Gasteiger partial charge >= 0.3 is 0 Å². The molecule has 0 atom stereocenters. The zero-order valence-corrected chi connectivity index (χ0v) is 17.2. The summed E-state index contributed by atoms with van der Waals surface area (Å²) in [4.78, 5) is 0.122. The second-order valence-electron chi connectivity index (χ2n) is 7.36. The first kappa shape index (κ1) is 20.3. The van der Waals surface area contributed by atoms with E-state index >= 15 is 0 Å². The summed E-state index contributed by atoms with van der Waals surface area (Å²) < 4.78 is 39.2. The average molecular weight is 408 g/mol. The molecule has 0 aliphatic heterocycles. The van der Waals surface area contributed by atoms with Crippen LogP contribution < -0.4 is 14.2 Å². The molecule has 0 aliphatic carbocycles. The molecule has 1 aromatic carbocycles. The Bertz CT molecular complexity index is 663. The van der Waals surface area contributed by atoms with Gasteiger partial charge in [-0.15, -0.1) is 0 Å². The molecular formula is C16H26BrNO4S. The highest BCUT2D eigenvalue weighted by Gasteiger charge is 2.32. The van der Waals surface area contributed by atoms with Crippen LogP contribution in [-0.4, -0.2) is 28.2 Å². The lowest BCUT2D eigenvalue weighted by atomic mass is 9.82. The molecular weight excluding hydrogens is 382 g/mol. The van der Waals surface area contributed by atoms with Gasteiger partial charge in [-0.3, -0.25) is 0 Å². The molecule has 0 unspecified atom stereocenters. The lowest BCUT2D eigenvalue weighted by Crippen LogP contribution is -2.45. The first-order valence-electron chi connectivity index (χ1n) is 7.27. The van der Waals surface area contributed by atoms with Crippen LogP contribution in [0, 0.1) is 5.41 Å². The Kier molecular flexibility index (Phi) is 6.15. The van der Waals surface area contributed by atoms with Crippen LogP contribution >= 0.6 is 15.9 Å². The Balaban J connectivity index is 3.24. The summed E-state index contributed by atoms with van der Waals surface area (Å²) in [6.45, 7) is 10.00. The van der Waals surface area contributed by atoms with E-state index in [0.29, 0.717) is 22.4 Å². The van der Waals surface area contributed by atoms with E-state index in [2.05, 4.69) is 41.4 Å². The third-order valence-electron chi connectivity index (χ3n) is 3.11. The van der Waals surface area contributed by atoms with Gasteiger partial charge in [-0.05, 0) is 47.7 Å². The predicted molar refractivity (Wildman–Crippen MR) is 95.7 cm³/mol. The lowest BCUT2D eigenvalue weighted by molar-refractivity contribution is 0.269. The second-order valence-corrected chi connectivity index (χ2v) is 9.87. The number of hydrogen-bond acceptors (Lipinski definition) is 4. The first-order valence-corrected chi connectivity index (χ1v) is 9.54. The Morgan fingerprint density at radius 3 is 1.96 bits per heavy atom. The van der Waals surface area contributed by atoms with Gasteiger partial charge in [0.2, 0.25) is 10.0 Å². The van der Waals surface area contributed by atoms with Gasteiger partial charge < -0.3 is 9.47 Å². The Morgan fingerprint density at radius 1 is 1.04 bits per heavy atom. The van der Waals surface area contributed by atoms with Gasteiger partial charge in [-0.2, -0.15) is 0 Å². The summed E-state index contributed by atoms with van der Waals surface area (Å²) >= 11 is 3.30. The van der Waals surface area contributed by atoms with Gasteiger partial charge in [0.25, 0.3) is 0 Å². The molecule has 0 amide bonds. The number of rotatable bonds is 6. The third kappa shape index (κ3) is 5.65. The van der Waals surface area contributed by atoms with E-state index in [1.165, 1.54) is 20.3 Å². The minimum absolute atomic E-state index is 0.000843. The molecule has 7 heteroatoms.